The van der Waals surface area contributed by atoms with Gasteiger partial charge in [0.15, 0.2) is 0 Å². The molecule has 1 saturated heterocycles. The van der Waals surface area contributed by atoms with Crippen molar-refractivity contribution in [1.29, 1.82) is 0 Å². The predicted octanol–water partition coefficient (Wildman–Crippen LogP) is 4.68. The summed E-state index contributed by atoms with van der Waals surface area (Å²) in [5, 5.41) is 3.98. The third kappa shape index (κ3) is 4.23. The summed E-state index contributed by atoms with van der Waals surface area (Å²) < 4.78 is 43.8. The molecular formula is C21H18ClF3N4O2. The number of pyridine rings is 1. The van der Waals surface area contributed by atoms with E-state index in [1.807, 2.05) is 30.3 Å². The van der Waals surface area contributed by atoms with Crippen LogP contribution in [-0.4, -0.2) is 47.1 Å². The summed E-state index contributed by atoms with van der Waals surface area (Å²) in [6, 6.07) is 10.2. The third-order valence-electron chi connectivity index (χ3n) is 5.14. The number of nitrogens with zero attached hydrogens (tertiary/aromatic N) is 4. The zero-order chi connectivity index (χ0) is 22.2. The highest BCUT2D eigenvalue weighted by atomic mass is 35.5. The maximum Gasteiger partial charge on any atom is 0.417 e. The van der Waals surface area contributed by atoms with Gasteiger partial charge in [0.1, 0.15) is 22.8 Å². The van der Waals surface area contributed by atoms with Crippen LogP contribution in [0.1, 0.15) is 21.7 Å². The molecule has 1 amide bonds. The molecule has 0 unspecified atom stereocenters. The Kier molecular flexibility index (Phi) is 5.62. The van der Waals surface area contributed by atoms with E-state index in [-0.39, 0.29) is 16.7 Å². The van der Waals surface area contributed by atoms with Crippen molar-refractivity contribution >= 4 is 23.3 Å². The van der Waals surface area contributed by atoms with E-state index in [1.165, 1.54) is 0 Å². The molecule has 2 aromatic heterocycles. The predicted molar refractivity (Wildman–Crippen MR) is 109 cm³/mol. The van der Waals surface area contributed by atoms with Crippen molar-refractivity contribution in [2.24, 2.45) is 0 Å². The highest BCUT2D eigenvalue weighted by Crippen LogP contribution is 2.34. The van der Waals surface area contributed by atoms with E-state index in [0.29, 0.717) is 43.2 Å². The summed E-state index contributed by atoms with van der Waals surface area (Å²) in [4.78, 5) is 20.5. The van der Waals surface area contributed by atoms with Crippen LogP contribution in [0.2, 0.25) is 5.02 Å². The standard InChI is InChI=1S/C21H18ClF3N4O2/c1-13-17(18(27-31-13)14-5-3-2-4-6-14)20(30)29-9-7-28(8-10-29)19-16(22)11-15(12-26-19)21(23,24)25/h2-6,11-12H,7-10H2,1H3. The van der Waals surface area contributed by atoms with Crippen LogP contribution < -0.4 is 4.90 Å². The molecule has 31 heavy (non-hydrogen) atoms. The van der Waals surface area contributed by atoms with Crippen LogP contribution >= 0.6 is 11.6 Å². The topological polar surface area (TPSA) is 62.5 Å². The third-order valence-corrected chi connectivity index (χ3v) is 5.42. The zero-order valence-corrected chi connectivity index (χ0v) is 17.2. The number of amides is 1. The number of aryl methyl sites for hydroxylation is 1. The number of alkyl halides is 3. The van der Waals surface area contributed by atoms with Gasteiger partial charge in [-0.2, -0.15) is 13.2 Å². The number of halogens is 4. The van der Waals surface area contributed by atoms with Gasteiger partial charge in [-0.15, -0.1) is 0 Å². The van der Waals surface area contributed by atoms with Gasteiger partial charge in [-0.05, 0) is 13.0 Å². The molecule has 0 bridgehead atoms. The Morgan fingerprint density at radius 3 is 2.42 bits per heavy atom. The lowest BCUT2D eigenvalue weighted by molar-refractivity contribution is -0.137. The van der Waals surface area contributed by atoms with E-state index in [2.05, 4.69) is 10.1 Å². The van der Waals surface area contributed by atoms with Crippen LogP contribution in [0, 0.1) is 6.92 Å². The van der Waals surface area contributed by atoms with E-state index in [4.69, 9.17) is 16.1 Å². The monoisotopic (exact) mass is 450 g/mol. The lowest BCUT2D eigenvalue weighted by Gasteiger charge is -2.35. The van der Waals surface area contributed by atoms with Crippen molar-refractivity contribution in [2.75, 3.05) is 31.1 Å². The summed E-state index contributed by atoms with van der Waals surface area (Å²) >= 11 is 6.05. The Balaban J connectivity index is 1.49. The second-order valence-corrected chi connectivity index (χ2v) is 7.54. The second-order valence-electron chi connectivity index (χ2n) is 7.13. The molecule has 3 heterocycles. The van der Waals surface area contributed by atoms with E-state index in [1.54, 1.807) is 16.7 Å². The molecule has 1 aromatic carbocycles. The minimum atomic E-state index is -4.51. The number of hydrogen-bond acceptors (Lipinski definition) is 5. The molecule has 0 atom stereocenters. The summed E-state index contributed by atoms with van der Waals surface area (Å²) in [5.74, 6) is 0.496. The molecule has 4 rings (SSSR count). The maximum absolute atomic E-state index is 13.2. The summed E-state index contributed by atoms with van der Waals surface area (Å²) in [5.41, 5.74) is 0.775. The van der Waals surface area contributed by atoms with Crippen LogP contribution in [0.3, 0.4) is 0 Å². The molecule has 0 spiro atoms. The lowest BCUT2D eigenvalue weighted by atomic mass is 10.0. The Labute approximate surface area is 181 Å². The quantitative estimate of drug-likeness (QED) is 0.580. The Bertz CT molecular complexity index is 1090. The largest absolute Gasteiger partial charge is 0.417 e. The van der Waals surface area contributed by atoms with E-state index >= 15 is 0 Å². The SMILES string of the molecule is Cc1onc(-c2ccccc2)c1C(=O)N1CCN(c2ncc(C(F)(F)F)cc2Cl)CC1. The van der Waals surface area contributed by atoms with Crippen LogP contribution in [0.15, 0.2) is 47.1 Å². The average molecular weight is 451 g/mol. The number of piperazine rings is 1. The van der Waals surface area contributed by atoms with Gasteiger partial charge in [-0.3, -0.25) is 4.79 Å². The molecule has 1 aliphatic heterocycles. The average Bonchev–Trinajstić information content (AvgIpc) is 3.14. The molecule has 10 heteroatoms. The number of benzene rings is 1. The van der Waals surface area contributed by atoms with Crippen LogP contribution in [0.25, 0.3) is 11.3 Å². The molecule has 3 aromatic rings. The number of aromatic nitrogens is 2. The fourth-order valence-corrected chi connectivity index (χ4v) is 3.80. The van der Waals surface area contributed by atoms with Gasteiger partial charge in [0.2, 0.25) is 0 Å². The second kappa shape index (κ2) is 8.22. The number of carbonyl (C=O) groups excluding carboxylic acids is 1. The van der Waals surface area contributed by atoms with Gasteiger partial charge in [-0.25, -0.2) is 4.98 Å². The highest BCUT2D eigenvalue weighted by molar-refractivity contribution is 6.33. The number of hydrogen-bond donors (Lipinski definition) is 0. The zero-order valence-electron chi connectivity index (χ0n) is 16.5. The van der Waals surface area contributed by atoms with Crippen LogP contribution in [0.5, 0.6) is 0 Å². The molecule has 162 valence electrons. The maximum atomic E-state index is 13.2. The highest BCUT2D eigenvalue weighted by Gasteiger charge is 2.33. The number of carbonyl (C=O) groups is 1. The molecule has 0 saturated carbocycles. The minimum Gasteiger partial charge on any atom is -0.360 e. The Morgan fingerprint density at radius 2 is 1.81 bits per heavy atom. The molecule has 0 radical (unpaired) electrons. The lowest BCUT2D eigenvalue weighted by Crippen LogP contribution is -2.49. The van der Waals surface area contributed by atoms with Gasteiger partial charge in [0.05, 0.1) is 10.6 Å². The summed E-state index contributed by atoms with van der Waals surface area (Å²) in [6.45, 7) is 3.17. The molecule has 1 aliphatic rings. The smallest absolute Gasteiger partial charge is 0.360 e. The first kappa shape index (κ1) is 21.2. The van der Waals surface area contributed by atoms with E-state index in [9.17, 15) is 18.0 Å². The van der Waals surface area contributed by atoms with E-state index < -0.39 is 11.7 Å². The molecular weight excluding hydrogens is 433 g/mol. The first-order chi connectivity index (χ1) is 14.8. The van der Waals surface area contributed by atoms with Crippen molar-refractivity contribution in [3.05, 3.63) is 64.5 Å². The summed E-state index contributed by atoms with van der Waals surface area (Å²) in [6.07, 6.45) is -3.74. The first-order valence-corrected chi connectivity index (χ1v) is 9.92. The normalized spacial score (nSPS) is 14.7. The number of rotatable bonds is 3. The van der Waals surface area contributed by atoms with Crippen LogP contribution in [0.4, 0.5) is 19.0 Å². The number of anilines is 1. The minimum absolute atomic E-state index is 0.0733. The molecule has 1 fully saturated rings. The molecule has 0 N–H and O–H groups in total. The fourth-order valence-electron chi connectivity index (χ4n) is 3.51. The Morgan fingerprint density at radius 1 is 1.13 bits per heavy atom. The van der Waals surface area contributed by atoms with Crippen molar-refractivity contribution in [3.63, 3.8) is 0 Å². The van der Waals surface area contributed by atoms with Crippen molar-refractivity contribution in [3.8, 4) is 11.3 Å². The van der Waals surface area contributed by atoms with Crippen molar-refractivity contribution < 1.29 is 22.5 Å². The van der Waals surface area contributed by atoms with Crippen molar-refractivity contribution in [1.82, 2.24) is 15.0 Å². The van der Waals surface area contributed by atoms with Crippen molar-refractivity contribution in [2.45, 2.75) is 13.1 Å². The van der Waals surface area contributed by atoms with Gasteiger partial charge >= 0.3 is 6.18 Å². The van der Waals surface area contributed by atoms with Gasteiger partial charge in [0.25, 0.3) is 5.91 Å². The molecule has 6 nitrogen and oxygen atoms in total. The van der Waals surface area contributed by atoms with Crippen LogP contribution in [-0.2, 0) is 6.18 Å². The summed E-state index contributed by atoms with van der Waals surface area (Å²) in [7, 11) is 0. The fraction of sp³-hybridized carbons (Fsp3) is 0.286. The first-order valence-electron chi connectivity index (χ1n) is 9.54. The Hall–Kier alpha value is -3.07. The molecule has 0 aliphatic carbocycles. The van der Waals surface area contributed by atoms with Gasteiger partial charge < -0.3 is 14.3 Å². The van der Waals surface area contributed by atoms with Gasteiger partial charge in [0, 0.05) is 37.9 Å². The van der Waals surface area contributed by atoms with Gasteiger partial charge in [-0.1, -0.05) is 47.1 Å². The van der Waals surface area contributed by atoms with E-state index in [0.717, 1.165) is 17.8 Å².